The van der Waals surface area contributed by atoms with Gasteiger partial charge in [0.15, 0.2) is 17.0 Å². The highest BCUT2D eigenvalue weighted by Gasteiger charge is 2.37. The predicted molar refractivity (Wildman–Crippen MR) is 87.0 cm³/mol. The SMILES string of the molecule is COc1cc(OC)nc(-n2cnc3c(NC4CC4)nc(C(F)(F)F)nc32)n1. The molecule has 1 N–H and O–H groups in total. The molecule has 0 bridgehead atoms. The van der Waals surface area contributed by atoms with Gasteiger partial charge in [-0.2, -0.15) is 23.1 Å². The molecular formula is C15H14F3N7O2. The van der Waals surface area contributed by atoms with Crippen molar-refractivity contribution in [1.29, 1.82) is 0 Å². The number of aromatic nitrogens is 6. The van der Waals surface area contributed by atoms with Gasteiger partial charge in [0.1, 0.15) is 6.33 Å². The van der Waals surface area contributed by atoms with E-state index in [2.05, 4.69) is 30.2 Å². The van der Waals surface area contributed by atoms with Gasteiger partial charge in [-0.25, -0.2) is 15.0 Å². The molecule has 1 saturated carbocycles. The second-order valence-corrected chi connectivity index (χ2v) is 5.85. The van der Waals surface area contributed by atoms with Crippen LogP contribution in [0.2, 0.25) is 0 Å². The Kier molecular flexibility index (Phi) is 3.97. The lowest BCUT2D eigenvalue weighted by Crippen LogP contribution is -2.15. The molecule has 3 aromatic rings. The lowest BCUT2D eigenvalue weighted by molar-refractivity contribution is -0.144. The van der Waals surface area contributed by atoms with Gasteiger partial charge in [-0.3, -0.25) is 4.57 Å². The van der Waals surface area contributed by atoms with Gasteiger partial charge in [-0.05, 0) is 12.8 Å². The van der Waals surface area contributed by atoms with E-state index in [0.717, 1.165) is 12.8 Å². The van der Waals surface area contributed by atoms with E-state index in [9.17, 15) is 13.2 Å². The van der Waals surface area contributed by atoms with Crippen LogP contribution in [-0.2, 0) is 6.18 Å². The molecule has 1 aliphatic carbocycles. The molecule has 3 aromatic heterocycles. The largest absolute Gasteiger partial charge is 0.481 e. The summed E-state index contributed by atoms with van der Waals surface area (Å²) in [6.07, 6.45) is -1.70. The summed E-state index contributed by atoms with van der Waals surface area (Å²) in [5, 5.41) is 2.96. The zero-order valence-electron chi connectivity index (χ0n) is 14.3. The summed E-state index contributed by atoms with van der Waals surface area (Å²) in [5.41, 5.74) is 0.121. The van der Waals surface area contributed by atoms with Gasteiger partial charge in [0, 0.05) is 6.04 Å². The minimum Gasteiger partial charge on any atom is -0.481 e. The Balaban J connectivity index is 1.91. The Morgan fingerprint density at radius 2 is 1.74 bits per heavy atom. The van der Waals surface area contributed by atoms with Crippen LogP contribution in [0.1, 0.15) is 18.7 Å². The number of fused-ring (bicyclic) bond motifs is 1. The quantitative estimate of drug-likeness (QED) is 0.718. The van der Waals surface area contributed by atoms with E-state index >= 15 is 0 Å². The summed E-state index contributed by atoms with van der Waals surface area (Å²) in [4.78, 5) is 19.7. The maximum Gasteiger partial charge on any atom is 0.451 e. The number of anilines is 1. The summed E-state index contributed by atoms with van der Waals surface area (Å²) in [7, 11) is 2.80. The predicted octanol–water partition coefficient (Wildman–Crippen LogP) is 2.22. The minimum absolute atomic E-state index is 0.0119. The molecule has 0 unspecified atom stereocenters. The highest BCUT2D eigenvalue weighted by Crippen LogP contribution is 2.33. The van der Waals surface area contributed by atoms with Crippen molar-refractivity contribution in [2.45, 2.75) is 25.1 Å². The standard InChI is InChI=1S/C15H14F3N7O2/c1-26-8-5-9(27-2)22-14(21-8)25-6-19-10-11(20-7-3-4-7)23-13(15(16,17)18)24-12(10)25/h5-7H,3-4H2,1-2H3,(H,20,23,24). The number of imidazole rings is 1. The molecule has 0 spiro atoms. The number of halogens is 3. The average Bonchev–Trinajstić information content (AvgIpc) is 3.35. The minimum atomic E-state index is -4.71. The van der Waals surface area contributed by atoms with Crippen molar-refractivity contribution < 1.29 is 22.6 Å². The van der Waals surface area contributed by atoms with E-state index in [4.69, 9.17) is 9.47 Å². The van der Waals surface area contributed by atoms with Crippen molar-refractivity contribution >= 4 is 17.0 Å². The number of hydrogen-bond donors (Lipinski definition) is 1. The molecule has 3 heterocycles. The van der Waals surface area contributed by atoms with E-state index in [-0.39, 0.29) is 40.7 Å². The maximum atomic E-state index is 13.3. The third-order valence-electron chi connectivity index (χ3n) is 3.87. The normalized spacial score (nSPS) is 14.4. The fourth-order valence-corrected chi connectivity index (χ4v) is 2.40. The Labute approximate surface area is 150 Å². The van der Waals surface area contributed by atoms with Crippen LogP contribution in [0.25, 0.3) is 17.1 Å². The number of nitrogens with zero attached hydrogens (tertiary/aromatic N) is 6. The smallest absolute Gasteiger partial charge is 0.451 e. The Hall–Kier alpha value is -3.18. The number of alkyl halides is 3. The number of nitrogens with one attached hydrogen (secondary N) is 1. The second-order valence-electron chi connectivity index (χ2n) is 5.85. The molecule has 0 aromatic carbocycles. The molecule has 27 heavy (non-hydrogen) atoms. The van der Waals surface area contributed by atoms with Gasteiger partial charge in [0.05, 0.1) is 20.3 Å². The summed E-state index contributed by atoms with van der Waals surface area (Å²) in [5.74, 6) is -0.864. The van der Waals surface area contributed by atoms with Crippen LogP contribution in [0.15, 0.2) is 12.4 Å². The molecule has 0 atom stereocenters. The summed E-state index contributed by atoms with van der Waals surface area (Å²) >= 11 is 0. The van der Waals surface area contributed by atoms with Gasteiger partial charge in [-0.15, -0.1) is 0 Å². The van der Waals surface area contributed by atoms with Crippen LogP contribution in [0.5, 0.6) is 11.8 Å². The van der Waals surface area contributed by atoms with Crippen LogP contribution in [0.4, 0.5) is 19.0 Å². The van der Waals surface area contributed by atoms with Gasteiger partial charge >= 0.3 is 6.18 Å². The highest BCUT2D eigenvalue weighted by molar-refractivity contribution is 5.84. The fraction of sp³-hybridized carbons (Fsp3) is 0.400. The zero-order valence-corrected chi connectivity index (χ0v) is 14.3. The number of ether oxygens (including phenoxy) is 2. The van der Waals surface area contributed by atoms with E-state index in [1.807, 2.05) is 0 Å². The third-order valence-corrected chi connectivity index (χ3v) is 3.87. The number of methoxy groups -OCH3 is 2. The molecule has 4 rings (SSSR count). The molecule has 1 fully saturated rings. The summed E-state index contributed by atoms with van der Waals surface area (Å²) < 4.78 is 51.2. The molecule has 0 saturated heterocycles. The van der Waals surface area contributed by atoms with E-state index in [1.165, 1.54) is 31.2 Å². The van der Waals surface area contributed by atoms with Crippen LogP contribution in [0, 0.1) is 0 Å². The van der Waals surface area contributed by atoms with Crippen LogP contribution in [0.3, 0.4) is 0 Å². The molecule has 0 amide bonds. The third kappa shape index (κ3) is 3.29. The summed E-state index contributed by atoms with van der Waals surface area (Å²) in [6, 6.07) is 1.53. The van der Waals surface area contributed by atoms with Gasteiger partial charge in [-0.1, -0.05) is 0 Å². The molecule has 0 aliphatic heterocycles. The van der Waals surface area contributed by atoms with Crippen molar-refractivity contribution in [3.05, 3.63) is 18.2 Å². The first-order chi connectivity index (χ1) is 12.9. The molecule has 12 heteroatoms. The monoisotopic (exact) mass is 381 g/mol. The van der Waals surface area contributed by atoms with Crippen LogP contribution < -0.4 is 14.8 Å². The Bertz CT molecular complexity index is 979. The zero-order chi connectivity index (χ0) is 19.2. The lowest BCUT2D eigenvalue weighted by atomic mass is 10.4. The van der Waals surface area contributed by atoms with Crippen molar-refractivity contribution in [2.75, 3.05) is 19.5 Å². The van der Waals surface area contributed by atoms with E-state index < -0.39 is 12.0 Å². The first-order valence-electron chi connectivity index (χ1n) is 7.95. The van der Waals surface area contributed by atoms with Crippen molar-refractivity contribution in [3.63, 3.8) is 0 Å². The molecule has 142 valence electrons. The second kappa shape index (κ2) is 6.21. The Morgan fingerprint density at radius 3 is 2.30 bits per heavy atom. The lowest BCUT2D eigenvalue weighted by Gasteiger charge is -2.11. The van der Waals surface area contributed by atoms with Crippen molar-refractivity contribution in [1.82, 2.24) is 29.5 Å². The van der Waals surface area contributed by atoms with Crippen LogP contribution in [-0.4, -0.2) is 49.7 Å². The average molecular weight is 381 g/mol. The first kappa shape index (κ1) is 17.2. The molecular weight excluding hydrogens is 367 g/mol. The van der Waals surface area contributed by atoms with E-state index in [0.29, 0.717) is 0 Å². The van der Waals surface area contributed by atoms with Crippen molar-refractivity contribution in [3.8, 4) is 17.7 Å². The first-order valence-corrected chi connectivity index (χ1v) is 7.95. The number of rotatable bonds is 5. The topological polar surface area (TPSA) is 99.9 Å². The maximum absolute atomic E-state index is 13.3. The van der Waals surface area contributed by atoms with Crippen molar-refractivity contribution in [2.24, 2.45) is 0 Å². The summed E-state index contributed by atoms with van der Waals surface area (Å²) in [6.45, 7) is 0. The van der Waals surface area contributed by atoms with Gasteiger partial charge < -0.3 is 14.8 Å². The molecule has 1 aliphatic rings. The highest BCUT2D eigenvalue weighted by atomic mass is 19.4. The number of hydrogen-bond acceptors (Lipinski definition) is 8. The fourth-order valence-electron chi connectivity index (χ4n) is 2.40. The van der Waals surface area contributed by atoms with Crippen LogP contribution >= 0.6 is 0 Å². The Morgan fingerprint density at radius 1 is 1.07 bits per heavy atom. The van der Waals surface area contributed by atoms with Gasteiger partial charge in [0.25, 0.3) is 0 Å². The molecule has 0 radical (unpaired) electrons. The van der Waals surface area contributed by atoms with Gasteiger partial charge in [0.2, 0.25) is 23.5 Å². The molecule has 9 nitrogen and oxygen atoms in total. The van der Waals surface area contributed by atoms with E-state index in [1.54, 1.807) is 0 Å².